The van der Waals surface area contributed by atoms with E-state index in [1.807, 2.05) is 41.8 Å². The number of hydrogen-bond donors (Lipinski definition) is 2. The fourth-order valence-corrected chi connectivity index (χ4v) is 3.36. The van der Waals surface area contributed by atoms with Crippen LogP contribution in [0.1, 0.15) is 11.9 Å². The average molecular weight is 439 g/mol. The molecule has 0 radical (unpaired) electrons. The van der Waals surface area contributed by atoms with Crippen molar-refractivity contribution in [2.45, 2.75) is 6.92 Å². The molecule has 0 saturated heterocycles. The molecule has 0 unspecified atom stereocenters. The number of nitrogens with zero attached hydrogens (tertiary/aromatic N) is 2. The molecule has 1 amide bonds. The predicted molar refractivity (Wildman–Crippen MR) is 113 cm³/mol. The number of rotatable bonds is 5. The van der Waals surface area contributed by atoms with Crippen molar-refractivity contribution >= 4 is 50.1 Å². The van der Waals surface area contributed by atoms with Crippen LogP contribution in [0, 0.1) is 11.3 Å². The van der Waals surface area contributed by atoms with Crippen LogP contribution in [-0.2, 0) is 4.79 Å². The first-order valence-corrected chi connectivity index (χ1v) is 9.69. The highest BCUT2D eigenvalue weighted by atomic mass is 79.9. The number of anilines is 2. The highest BCUT2D eigenvalue weighted by Gasteiger charge is 2.09. The minimum Gasteiger partial charge on any atom is -0.360 e. The lowest BCUT2D eigenvalue weighted by Gasteiger charge is -2.04. The summed E-state index contributed by atoms with van der Waals surface area (Å²) in [5.74, 6) is -0.118. The second kappa shape index (κ2) is 8.62. The number of amides is 1. The predicted octanol–water partition coefficient (Wildman–Crippen LogP) is 5.51. The first-order chi connectivity index (χ1) is 13.0. The zero-order valence-electron chi connectivity index (χ0n) is 14.4. The fourth-order valence-electron chi connectivity index (χ4n) is 2.30. The molecule has 5 nitrogen and oxygen atoms in total. The van der Waals surface area contributed by atoms with E-state index in [9.17, 15) is 10.1 Å². The summed E-state index contributed by atoms with van der Waals surface area (Å²) in [6.07, 6.45) is 1.64. The van der Waals surface area contributed by atoms with Crippen LogP contribution in [-0.4, -0.2) is 10.9 Å². The number of halogens is 1. The average Bonchev–Trinajstić information content (AvgIpc) is 3.14. The molecule has 0 atom stereocenters. The maximum absolute atomic E-state index is 11.0. The smallest absolute Gasteiger partial charge is 0.221 e. The van der Waals surface area contributed by atoms with Gasteiger partial charge in [0.1, 0.15) is 16.6 Å². The van der Waals surface area contributed by atoms with Gasteiger partial charge in [0.15, 0.2) is 0 Å². The number of allylic oxidation sites excluding steroid dienone is 1. The van der Waals surface area contributed by atoms with Crippen molar-refractivity contribution < 1.29 is 4.79 Å². The van der Waals surface area contributed by atoms with E-state index in [0.717, 1.165) is 27.1 Å². The third kappa shape index (κ3) is 5.03. The van der Waals surface area contributed by atoms with Gasteiger partial charge in [-0.05, 0) is 36.4 Å². The Kier molecular flexibility index (Phi) is 6.01. The van der Waals surface area contributed by atoms with Crippen molar-refractivity contribution in [2.75, 3.05) is 10.6 Å². The third-order valence-corrected chi connectivity index (χ3v) is 4.99. The molecular formula is C20H15BrN4OS. The molecule has 0 aliphatic carbocycles. The second-order valence-electron chi connectivity index (χ2n) is 5.62. The normalized spacial score (nSPS) is 10.9. The maximum atomic E-state index is 11.0. The van der Waals surface area contributed by atoms with Crippen molar-refractivity contribution in [3.05, 3.63) is 69.6 Å². The van der Waals surface area contributed by atoms with E-state index < -0.39 is 0 Å². The molecule has 0 spiro atoms. The van der Waals surface area contributed by atoms with Gasteiger partial charge in [0, 0.05) is 39.9 Å². The summed E-state index contributed by atoms with van der Waals surface area (Å²) in [6, 6.07) is 17.3. The van der Waals surface area contributed by atoms with Gasteiger partial charge in [-0.3, -0.25) is 4.79 Å². The number of benzene rings is 2. The number of carbonyl (C=O) groups is 1. The molecule has 0 bridgehead atoms. The number of carbonyl (C=O) groups excluding carboxylic acids is 1. The van der Waals surface area contributed by atoms with Gasteiger partial charge in [0.25, 0.3) is 0 Å². The summed E-state index contributed by atoms with van der Waals surface area (Å²) in [6.45, 7) is 1.46. The molecule has 2 N–H and O–H groups in total. The molecule has 2 aromatic carbocycles. The molecule has 3 rings (SSSR count). The van der Waals surface area contributed by atoms with Crippen molar-refractivity contribution in [1.29, 1.82) is 5.26 Å². The van der Waals surface area contributed by atoms with E-state index in [-0.39, 0.29) is 5.91 Å². The third-order valence-electron chi connectivity index (χ3n) is 3.58. The standard InChI is InChI=1S/C20H15BrN4OS/c1-13(26)24-18-8-6-17(7-9-18)23-11-15(10-22)20-25-19(12-27-20)14-2-4-16(21)5-3-14/h2-9,11-12,23H,1H3,(H,24,26). The summed E-state index contributed by atoms with van der Waals surface area (Å²) >= 11 is 4.84. The van der Waals surface area contributed by atoms with Gasteiger partial charge < -0.3 is 10.6 Å². The lowest BCUT2D eigenvalue weighted by molar-refractivity contribution is -0.114. The van der Waals surface area contributed by atoms with Gasteiger partial charge in [-0.25, -0.2) is 4.98 Å². The quantitative estimate of drug-likeness (QED) is 0.514. The molecule has 7 heteroatoms. The lowest BCUT2D eigenvalue weighted by atomic mass is 10.2. The maximum Gasteiger partial charge on any atom is 0.221 e. The zero-order chi connectivity index (χ0) is 19.2. The van der Waals surface area contributed by atoms with Gasteiger partial charge in [0.05, 0.1) is 5.69 Å². The minimum absolute atomic E-state index is 0.118. The number of thiazole rings is 1. The molecule has 1 heterocycles. The van der Waals surface area contributed by atoms with E-state index in [4.69, 9.17) is 0 Å². The highest BCUT2D eigenvalue weighted by molar-refractivity contribution is 9.10. The Morgan fingerprint density at radius 1 is 1.15 bits per heavy atom. The van der Waals surface area contributed by atoms with Crippen LogP contribution in [0.25, 0.3) is 16.8 Å². The van der Waals surface area contributed by atoms with Gasteiger partial charge in [-0.2, -0.15) is 5.26 Å². The molecule has 3 aromatic rings. The van der Waals surface area contributed by atoms with Crippen LogP contribution >= 0.6 is 27.3 Å². The Bertz CT molecular complexity index is 1020. The molecular weight excluding hydrogens is 424 g/mol. The van der Waals surface area contributed by atoms with Gasteiger partial charge >= 0.3 is 0 Å². The van der Waals surface area contributed by atoms with E-state index >= 15 is 0 Å². The Morgan fingerprint density at radius 3 is 2.44 bits per heavy atom. The Labute approximate surface area is 169 Å². The van der Waals surface area contributed by atoms with E-state index in [1.165, 1.54) is 18.3 Å². The van der Waals surface area contributed by atoms with Crippen LogP contribution in [0.15, 0.2) is 64.6 Å². The largest absolute Gasteiger partial charge is 0.360 e. The topological polar surface area (TPSA) is 77.8 Å². The van der Waals surface area contributed by atoms with Crippen LogP contribution in [0.5, 0.6) is 0 Å². The Morgan fingerprint density at radius 2 is 1.81 bits per heavy atom. The molecule has 134 valence electrons. The molecule has 0 fully saturated rings. The van der Waals surface area contributed by atoms with Crippen molar-refractivity contribution in [2.24, 2.45) is 0 Å². The molecule has 0 aliphatic rings. The first-order valence-electron chi connectivity index (χ1n) is 8.01. The first kappa shape index (κ1) is 18.8. The van der Waals surface area contributed by atoms with Crippen LogP contribution in [0.3, 0.4) is 0 Å². The van der Waals surface area contributed by atoms with Gasteiger partial charge in [0.2, 0.25) is 5.91 Å². The number of hydrogen-bond acceptors (Lipinski definition) is 5. The monoisotopic (exact) mass is 438 g/mol. The van der Waals surface area contributed by atoms with Gasteiger partial charge in [-0.1, -0.05) is 28.1 Å². The molecule has 0 aliphatic heterocycles. The van der Waals surface area contributed by atoms with Crippen molar-refractivity contribution in [3.63, 3.8) is 0 Å². The zero-order valence-corrected chi connectivity index (χ0v) is 16.8. The van der Waals surface area contributed by atoms with Crippen LogP contribution in [0.2, 0.25) is 0 Å². The van der Waals surface area contributed by atoms with Gasteiger partial charge in [-0.15, -0.1) is 11.3 Å². The van der Waals surface area contributed by atoms with Crippen molar-refractivity contribution in [3.8, 4) is 17.3 Å². The fraction of sp³-hybridized carbons (Fsp3) is 0.0500. The molecule has 0 saturated carbocycles. The number of aromatic nitrogens is 1. The number of nitrogens with one attached hydrogen (secondary N) is 2. The lowest BCUT2D eigenvalue weighted by Crippen LogP contribution is -2.05. The summed E-state index contributed by atoms with van der Waals surface area (Å²) in [5, 5.41) is 17.9. The van der Waals surface area contributed by atoms with Crippen LogP contribution in [0.4, 0.5) is 11.4 Å². The summed E-state index contributed by atoms with van der Waals surface area (Å²) in [7, 11) is 0. The van der Waals surface area contributed by atoms with Crippen molar-refractivity contribution in [1.82, 2.24) is 4.98 Å². The van der Waals surface area contributed by atoms with E-state index in [1.54, 1.807) is 18.3 Å². The summed E-state index contributed by atoms with van der Waals surface area (Å²) < 4.78 is 1.01. The Balaban J connectivity index is 1.74. The second-order valence-corrected chi connectivity index (χ2v) is 7.39. The van der Waals surface area contributed by atoms with Crippen LogP contribution < -0.4 is 10.6 Å². The van der Waals surface area contributed by atoms with E-state index in [2.05, 4.69) is 37.6 Å². The summed E-state index contributed by atoms with van der Waals surface area (Å²) in [4.78, 5) is 15.6. The SMILES string of the molecule is CC(=O)Nc1ccc(NC=C(C#N)c2nc(-c3ccc(Br)cc3)cs2)cc1. The number of nitriles is 1. The van der Waals surface area contributed by atoms with E-state index in [0.29, 0.717) is 10.6 Å². The highest BCUT2D eigenvalue weighted by Crippen LogP contribution is 2.27. The molecule has 27 heavy (non-hydrogen) atoms. The summed E-state index contributed by atoms with van der Waals surface area (Å²) in [5.41, 5.74) is 3.82. The Hall–Kier alpha value is -2.95. The molecule has 1 aromatic heterocycles. The minimum atomic E-state index is -0.118.